The van der Waals surface area contributed by atoms with Gasteiger partial charge >= 0.3 is 0 Å². The van der Waals surface area contributed by atoms with Gasteiger partial charge in [-0.2, -0.15) is 5.10 Å². The number of hydrogen-bond donors (Lipinski definition) is 0. The van der Waals surface area contributed by atoms with Gasteiger partial charge in [0.15, 0.2) is 6.79 Å². The van der Waals surface area contributed by atoms with Gasteiger partial charge in [0.1, 0.15) is 5.75 Å². The zero-order valence-electron chi connectivity index (χ0n) is 18.2. The zero-order valence-corrected chi connectivity index (χ0v) is 20.7. The topological polar surface area (TPSA) is 56.6 Å². The molecule has 2 aliphatic rings. The molecule has 168 valence electrons. The summed E-state index contributed by atoms with van der Waals surface area (Å²) in [7, 11) is -1.15. The molecule has 0 N–H and O–H groups in total. The fraction of sp³-hybridized carbons (Fsp3) is 0.545. The third-order valence-corrected chi connectivity index (χ3v) is 8.26. The highest BCUT2D eigenvalue weighted by Crippen LogP contribution is 2.43. The maximum atomic E-state index is 12.8. The van der Waals surface area contributed by atoms with Gasteiger partial charge in [0.25, 0.3) is 0 Å². The van der Waals surface area contributed by atoms with Crippen molar-refractivity contribution in [3.05, 3.63) is 40.1 Å². The van der Waals surface area contributed by atoms with Crippen molar-refractivity contribution in [1.82, 2.24) is 9.78 Å². The number of hydrogen-bond acceptors (Lipinski definition) is 4. The quantitative estimate of drug-likeness (QED) is 0.260. The highest BCUT2D eigenvalue weighted by atomic mass is 35.5. The smallest absolute Gasteiger partial charge is 0.227 e. The summed E-state index contributed by atoms with van der Waals surface area (Å²) < 4.78 is 13.6. The summed E-state index contributed by atoms with van der Waals surface area (Å²) in [5.74, 6) is 0.560. The number of anilines is 1. The molecule has 1 atom stereocenters. The molecule has 0 unspecified atom stereocenters. The summed E-state index contributed by atoms with van der Waals surface area (Å²) in [6.07, 6.45) is 6.37. The van der Waals surface area contributed by atoms with Crippen LogP contribution in [-0.2, 0) is 9.53 Å². The van der Waals surface area contributed by atoms with Crippen LogP contribution < -0.4 is 9.64 Å². The van der Waals surface area contributed by atoms with Crippen LogP contribution in [-0.4, -0.2) is 43.7 Å². The second-order valence-corrected chi connectivity index (χ2v) is 16.0. The predicted molar refractivity (Wildman–Crippen MR) is 126 cm³/mol. The summed E-state index contributed by atoms with van der Waals surface area (Å²) in [5.41, 5.74) is 1.60. The first-order valence-corrected chi connectivity index (χ1v) is 15.2. The third-order valence-electron chi connectivity index (χ3n) is 5.74. The Kier molecular flexibility index (Phi) is 6.67. The fourth-order valence-corrected chi connectivity index (χ4v) is 4.99. The molecule has 9 heteroatoms. The maximum absolute atomic E-state index is 12.8. The van der Waals surface area contributed by atoms with Crippen LogP contribution in [0.2, 0.25) is 35.7 Å². The number of ether oxygens (including phenoxy) is 2. The van der Waals surface area contributed by atoms with Crippen LogP contribution in [0.1, 0.15) is 36.8 Å². The number of carbonyl (C=O) groups excluding carboxylic acids is 1. The van der Waals surface area contributed by atoms with Gasteiger partial charge < -0.3 is 14.4 Å². The van der Waals surface area contributed by atoms with E-state index >= 15 is 0 Å². The summed E-state index contributed by atoms with van der Waals surface area (Å²) in [4.78, 5) is 14.6. The average molecular weight is 482 g/mol. The van der Waals surface area contributed by atoms with Crippen LogP contribution in [0.25, 0.3) is 0 Å². The van der Waals surface area contributed by atoms with Crippen LogP contribution in [0.4, 0.5) is 5.69 Å². The Labute approximate surface area is 194 Å². The van der Waals surface area contributed by atoms with Crippen molar-refractivity contribution in [2.75, 3.05) is 24.8 Å². The summed E-state index contributed by atoms with van der Waals surface area (Å²) in [6, 6.07) is 5.08. The van der Waals surface area contributed by atoms with Gasteiger partial charge in [-0.1, -0.05) is 42.8 Å². The van der Waals surface area contributed by atoms with Gasteiger partial charge in [0.05, 0.1) is 28.0 Å². The van der Waals surface area contributed by atoms with E-state index in [0.717, 1.165) is 30.1 Å². The van der Waals surface area contributed by atoms with Crippen LogP contribution >= 0.6 is 23.2 Å². The number of carbonyl (C=O) groups is 1. The van der Waals surface area contributed by atoms with Crippen molar-refractivity contribution in [3.8, 4) is 5.75 Å². The lowest BCUT2D eigenvalue weighted by molar-refractivity contribution is -0.117. The van der Waals surface area contributed by atoms with E-state index in [2.05, 4.69) is 24.7 Å². The molecule has 1 saturated heterocycles. The van der Waals surface area contributed by atoms with E-state index in [-0.39, 0.29) is 18.6 Å². The number of amides is 1. The van der Waals surface area contributed by atoms with Gasteiger partial charge in [-0.3, -0.25) is 9.48 Å². The van der Waals surface area contributed by atoms with Crippen molar-refractivity contribution < 1.29 is 14.3 Å². The number of halogens is 2. The Morgan fingerprint density at radius 3 is 2.71 bits per heavy atom. The van der Waals surface area contributed by atoms with E-state index in [4.69, 9.17) is 32.7 Å². The minimum atomic E-state index is -1.15. The van der Waals surface area contributed by atoms with E-state index in [1.165, 1.54) is 0 Å². The number of benzene rings is 1. The molecule has 1 aliphatic heterocycles. The van der Waals surface area contributed by atoms with E-state index in [1.54, 1.807) is 17.2 Å². The lowest BCUT2D eigenvalue weighted by Gasteiger charge is -2.20. The largest absolute Gasteiger partial charge is 0.467 e. The molecule has 1 aromatic heterocycles. The van der Waals surface area contributed by atoms with Crippen molar-refractivity contribution in [3.63, 3.8) is 0 Å². The minimum Gasteiger partial charge on any atom is -0.467 e. The Hall–Kier alpha value is -1.54. The van der Waals surface area contributed by atoms with Crippen molar-refractivity contribution in [2.45, 2.75) is 56.9 Å². The third kappa shape index (κ3) is 5.45. The minimum absolute atomic E-state index is 0.0497. The average Bonchev–Trinajstić information content (AvgIpc) is 3.31. The highest BCUT2D eigenvalue weighted by Gasteiger charge is 2.36. The van der Waals surface area contributed by atoms with Crippen molar-refractivity contribution >= 4 is 42.9 Å². The van der Waals surface area contributed by atoms with Crippen LogP contribution in [0.5, 0.6) is 5.75 Å². The Balaban J connectivity index is 1.46. The lowest BCUT2D eigenvalue weighted by Crippen LogP contribution is -2.24. The molecule has 2 aromatic rings. The van der Waals surface area contributed by atoms with Crippen LogP contribution in [0, 0.1) is 0 Å². The summed E-state index contributed by atoms with van der Waals surface area (Å²) in [6.45, 7) is 8.27. The first kappa shape index (κ1) is 22.6. The molecule has 0 bridgehead atoms. The zero-order chi connectivity index (χ0) is 22.2. The number of rotatable bonds is 9. The normalized spacial score (nSPS) is 19.3. The molecular weight excluding hydrogens is 453 g/mol. The predicted octanol–water partition coefficient (Wildman–Crippen LogP) is 5.74. The molecule has 31 heavy (non-hydrogen) atoms. The van der Waals surface area contributed by atoms with E-state index in [0.29, 0.717) is 41.4 Å². The molecule has 1 aliphatic carbocycles. The van der Waals surface area contributed by atoms with Gasteiger partial charge in [-0.05, 0) is 31.0 Å². The molecule has 2 fully saturated rings. The Morgan fingerprint density at radius 2 is 2.00 bits per heavy atom. The van der Waals surface area contributed by atoms with Crippen LogP contribution in [0.15, 0.2) is 24.5 Å². The summed E-state index contributed by atoms with van der Waals surface area (Å²) in [5, 5.41) is 5.31. The first-order chi connectivity index (χ1) is 14.7. The molecule has 1 aromatic carbocycles. The number of nitrogens with zero attached hydrogens (tertiary/aromatic N) is 3. The van der Waals surface area contributed by atoms with Gasteiger partial charge in [0.2, 0.25) is 5.91 Å². The van der Waals surface area contributed by atoms with Crippen LogP contribution in [0.3, 0.4) is 0 Å². The Morgan fingerprint density at radius 1 is 1.23 bits per heavy atom. The fourth-order valence-electron chi connectivity index (χ4n) is 3.75. The Bertz CT molecular complexity index is 956. The molecule has 2 heterocycles. The van der Waals surface area contributed by atoms with Gasteiger partial charge in [-0.25, -0.2) is 0 Å². The summed E-state index contributed by atoms with van der Waals surface area (Å²) >= 11 is 12.9. The van der Waals surface area contributed by atoms with E-state index in [9.17, 15) is 4.79 Å². The molecule has 6 nitrogen and oxygen atoms in total. The van der Waals surface area contributed by atoms with Crippen molar-refractivity contribution in [2.24, 2.45) is 0 Å². The van der Waals surface area contributed by atoms with E-state index in [1.807, 2.05) is 16.9 Å². The molecule has 0 radical (unpaired) electrons. The second kappa shape index (κ2) is 9.14. The lowest BCUT2D eigenvalue weighted by atomic mass is 9.97. The molecule has 1 amide bonds. The molecular formula is C22H29Cl2N3O3Si. The van der Waals surface area contributed by atoms with E-state index < -0.39 is 8.07 Å². The number of aromatic nitrogens is 2. The van der Waals surface area contributed by atoms with Crippen molar-refractivity contribution in [1.29, 1.82) is 0 Å². The second-order valence-electron chi connectivity index (χ2n) is 9.57. The van der Waals surface area contributed by atoms with Gasteiger partial charge in [-0.15, -0.1) is 0 Å². The first-order valence-electron chi connectivity index (χ1n) is 10.8. The molecule has 4 rings (SSSR count). The van der Waals surface area contributed by atoms with Gasteiger partial charge in [0, 0.05) is 45.3 Å². The molecule has 1 saturated carbocycles. The maximum Gasteiger partial charge on any atom is 0.227 e. The molecule has 0 spiro atoms. The highest BCUT2D eigenvalue weighted by molar-refractivity contribution is 6.76. The standard InChI is InChI=1S/C22H29Cl2N3O3Si/c1-31(2,3)9-8-29-14-30-19-7-6-18(23)22(24)21(19)15-10-20(28)26(12-15)17-11-25-27(13-17)16-4-5-16/h6-7,11,13,15-16H,4-5,8-10,12,14H2,1-3H3/t15-/m0/s1. The SMILES string of the molecule is C[Si](C)(C)CCOCOc1ccc(Cl)c(Cl)c1[C@H]1CC(=O)N(c2cnn(C3CC3)c2)C1. The monoisotopic (exact) mass is 481 g/mol.